The van der Waals surface area contributed by atoms with Crippen LogP contribution in [0.25, 0.3) is 27.5 Å². The number of carbonyl (C=O) groups is 1. The summed E-state index contributed by atoms with van der Waals surface area (Å²) < 4.78 is 15.0. The maximum atomic E-state index is 13.9. The molecule has 6 nitrogen and oxygen atoms in total. The van der Waals surface area contributed by atoms with Crippen LogP contribution < -0.4 is 5.56 Å². The van der Waals surface area contributed by atoms with E-state index in [-0.39, 0.29) is 22.2 Å². The minimum atomic E-state index is -1.15. The minimum Gasteiger partial charge on any atom is -0.478 e. The molecule has 0 saturated carbocycles. The fourth-order valence-electron chi connectivity index (χ4n) is 2.77. The van der Waals surface area contributed by atoms with E-state index in [4.69, 9.17) is 0 Å². The van der Waals surface area contributed by atoms with Gasteiger partial charge in [0.25, 0.3) is 5.56 Å². The van der Waals surface area contributed by atoms with Crippen LogP contribution >= 0.6 is 0 Å². The number of aromatic nitrogens is 3. The monoisotopic (exact) mass is 323 g/mol. The Morgan fingerprint density at radius 1 is 1.12 bits per heavy atom. The number of halogens is 1. The van der Waals surface area contributed by atoms with Crippen molar-refractivity contribution in [3.8, 4) is 5.69 Å². The van der Waals surface area contributed by atoms with Gasteiger partial charge in [-0.05, 0) is 18.2 Å². The second-order valence-corrected chi connectivity index (χ2v) is 5.26. The number of para-hydroxylation sites is 2. The molecule has 0 amide bonds. The zero-order valence-corrected chi connectivity index (χ0v) is 12.2. The van der Waals surface area contributed by atoms with E-state index in [9.17, 15) is 19.1 Å². The molecular weight excluding hydrogens is 313 g/mol. The number of carboxylic acids is 1. The molecule has 24 heavy (non-hydrogen) atoms. The quantitative estimate of drug-likeness (QED) is 0.594. The van der Waals surface area contributed by atoms with E-state index in [0.29, 0.717) is 10.9 Å². The number of H-pyrrole nitrogens is 1. The van der Waals surface area contributed by atoms with Gasteiger partial charge in [-0.15, -0.1) is 0 Å². The van der Waals surface area contributed by atoms with Crippen molar-refractivity contribution in [1.29, 1.82) is 0 Å². The molecule has 2 heterocycles. The third kappa shape index (κ3) is 1.91. The average Bonchev–Trinajstić information content (AvgIpc) is 2.92. The van der Waals surface area contributed by atoms with Crippen LogP contribution in [0.1, 0.15) is 10.4 Å². The zero-order valence-electron chi connectivity index (χ0n) is 12.2. The van der Waals surface area contributed by atoms with Crippen LogP contribution in [0.2, 0.25) is 0 Å². The maximum Gasteiger partial charge on any atom is 0.337 e. The van der Waals surface area contributed by atoms with Gasteiger partial charge < -0.3 is 5.11 Å². The molecule has 2 N–H and O–H groups in total. The predicted octanol–water partition coefficient (Wildman–Crippen LogP) is 2.70. The van der Waals surface area contributed by atoms with Gasteiger partial charge in [0.05, 0.1) is 22.2 Å². The van der Waals surface area contributed by atoms with Gasteiger partial charge in [0, 0.05) is 11.6 Å². The first-order valence-electron chi connectivity index (χ1n) is 7.08. The van der Waals surface area contributed by atoms with Crippen LogP contribution in [0, 0.1) is 5.82 Å². The Labute approximate surface area is 133 Å². The molecule has 2 aromatic heterocycles. The number of nitrogens with zero attached hydrogens (tertiary/aromatic N) is 2. The normalized spacial score (nSPS) is 11.2. The highest BCUT2D eigenvalue weighted by molar-refractivity contribution is 6.03. The van der Waals surface area contributed by atoms with E-state index in [0.717, 1.165) is 4.68 Å². The molecule has 0 aliphatic carbocycles. The second kappa shape index (κ2) is 5.02. The summed E-state index contributed by atoms with van der Waals surface area (Å²) in [4.78, 5) is 28.0. The molecule has 7 heteroatoms. The summed E-state index contributed by atoms with van der Waals surface area (Å²) in [5, 5.41) is 12.9. The van der Waals surface area contributed by atoms with Crippen LogP contribution in [0.5, 0.6) is 0 Å². The van der Waals surface area contributed by atoms with Crippen molar-refractivity contribution in [3.05, 3.63) is 70.4 Å². The number of aromatic amines is 1. The lowest BCUT2D eigenvalue weighted by molar-refractivity contribution is 0.0696. The van der Waals surface area contributed by atoms with Gasteiger partial charge in [0.2, 0.25) is 0 Å². The molecule has 2 aromatic carbocycles. The Kier molecular flexibility index (Phi) is 2.96. The van der Waals surface area contributed by atoms with Crippen LogP contribution in [0.3, 0.4) is 0 Å². The van der Waals surface area contributed by atoms with E-state index in [1.54, 1.807) is 18.2 Å². The number of rotatable bonds is 2. The molecule has 0 aliphatic rings. The number of hydrogen-bond acceptors (Lipinski definition) is 3. The number of aromatic carboxylic acids is 1. The Morgan fingerprint density at radius 2 is 1.92 bits per heavy atom. The van der Waals surface area contributed by atoms with E-state index in [1.807, 2.05) is 0 Å². The third-order valence-electron chi connectivity index (χ3n) is 3.88. The zero-order chi connectivity index (χ0) is 16.8. The molecule has 0 aliphatic heterocycles. The number of hydrogen-bond donors (Lipinski definition) is 2. The van der Waals surface area contributed by atoms with Crippen molar-refractivity contribution >= 4 is 27.8 Å². The summed E-state index contributed by atoms with van der Waals surface area (Å²) in [5.74, 6) is -1.64. The van der Waals surface area contributed by atoms with Gasteiger partial charge in [-0.25, -0.2) is 13.9 Å². The molecule has 0 unspecified atom stereocenters. The van der Waals surface area contributed by atoms with Gasteiger partial charge in [0.15, 0.2) is 0 Å². The first kappa shape index (κ1) is 14.1. The standard InChI is InChI=1S/C17H10FN3O3/c18-12-6-3-5-10-14-11(8-19-15(10)12)16(22)21(20-14)13-7-2-1-4-9(13)17(23)24/h1-8,20H,(H,23,24). The lowest BCUT2D eigenvalue weighted by Crippen LogP contribution is -2.17. The van der Waals surface area contributed by atoms with Crippen molar-refractivity contribution in [1.82, 2.24) is 14.8 Å². The summed E-state index contributed by atoms with van der Waals surface area (Å²) in [7, 11) is 0. The number of nitrogens with one attached hydrogen (secondary N) is 1. The molecule has 4 rings (SSSR count). The molecule has 0 fully saturated rings. The largest absolute Gasteiger partial charge is 0.478 e. The second-order valence-electron chi connectivity index (χ2n) is 5.26. The van der Waals surface area contributed by atoms with E-state index < -0.39 is 17.3 Å². The fraction of sp³-hybridized carbons (Fsp3) is 0. The summed E-state index contributed by atoms with van der Waals surface area (Å²) >= 11 is 0. The maximum absolute atomic E-state index is 13.9. The van der Waals surface area contributed by atoms with Crippen LogP contribution in [-0.4, -0.2) is 25.8 Å². The lowest BCUT2D eigenvalue weighted by atomic mass is 10.1. The first-order chi connectivity index (χ1) is 11.6. The molecule has 118 valence electrons. The van der Waals surface area contributed by atoms with Crippen LogP contribution in [0.15, 0.2) is 53.5 Å². The molecule has 0 radical (unpaired) electrons. The minimum absolute atomic E-state index is 0.0189. The topological polar surface area (TPSA) is 88.0 Å². The molecule has 0 saturated heterocycles. The van der Waals surface area contributed by atoms with Gasteiger partial charge in [-0.3, -0.25) is 14.9 Å². The summed E-state index contributed by atoms with van der Waals surface area (Å²) in [6, 6.07) is 10.6. The van der Waals surface area contributed by atoms with Gasteiger partial charge in [-0.2, -0.15) is 0 Å². The number of fused-ring (bicyclic) bond motifs is 3. The number of carboxylic acid groups (broad SMARTS) is 1. The van der Waals surface area contributed by atoms with E-state index >= 15 is 0 Å². The first-order valence-corrected chi connectivity index (χ1v) is 7.08. The van der Waals surface area contributed by atoms with Crippen molar-refractivity contribution in [2.75, 3.05) is 0 Å². The highest BCUT2D eigenvalue weighted by atomic mass is 19.1. The van der Waals surface area contributed by atoms with Crippen LogP contribution in [-0.2, 0) is 0 Å². The Balaban J connectivity index is 2.11. The van der Waals surface area contributed by atoms with Gasteiger partial charge in [0.1, 0.15) is 11.3 Å². The van der Waals surface area contributed by atoms with E-state index in [1.165, 1.54) is 30.5 Å². The van der Waals surface area contributed by atoms with Gasteiger partial charge in [-0.1, -0.05) is 24.3 Å². The number of pyridine rings is 1. The molecular formula is C17H10FN3O3. The SMILES string of the molecule is O=C(O)c1ccccc1-n1[nH]c2c(cnc3c(F)cccc32)c1=O. The summed E-state index contributed by atoms with van der Waals surface area (Å²) in [5.41, 5.74) is 0.289. The van der Waals surface area contributed by atoms with Crippen LogP contribution in [0.4, 0.5) is 4.39 Å². The molecule has 0 atom stereocenters. The molecule has 0 bridgehead atoms. The summed E-state index contributed by atoms with van der Waals surface area (Å²) in [6.07, 6.45) is 1.29. The highest BCUT2D eigenvalue weighted by Crippen LogP contribution is 2.23. The lowest BCUT2D eigenvalue weighted by Gasteiger charge is -2.05. The predicted molar refractivity (Wildman–Crippen MR) is 86.1 cm³/mol. The van der Waals surface area contributed by atoms with Gasteiger partial charge >= 0.3 is 5.97 Å². The van der Waals surface area contributed by atoms with Crippen molar-refractivity contribution < 1.29 is 14.3 Å². The third-order valence-corrected chi connectivity index (χ3v) is 3.88. The van der Waals surface area contributed by atoms with Crippen molar-refractivity contribution in [2.24, 2.45) is 0 Å². The molecule has 4 aromatic rings. The molecule has 0 spiro atoms. The Hall–Kier alpha value is -3.48. The highest BCUT2D eigenvalue weighted by Gasteiger charge is 2.17. The van der Waals surface area contributed by atoms with Crippen molar-refractivity contribution in [2.45, 2.75) is 0 Å². The Morgan fingerprint density at radius 3 is 2.71 bits per heavy atom. The fourth-order valence-corrected chi connectivity index (χ4v) is 2.77. The smallest absolute Gasteiger partial charge is 0.337 e. The van der Waals surface area contributed by atoms with Crippen molar-refractivity contribution in [3.63, 3.8) is 0 Å². The number of benzene rings is 2. The average molecular weight is 323 g/mol. The van der Waals surface area contributed by atoms with E-state index in [2.05, 4.69) is 10.1 Å². The Bertz CT molecular complexity index is 1180. The summed E-state index contributed by atoms with van der Waals surface area (Å²) in [6.45, 7) is 0.